The number of hydrogen-bond donors (Lipinski definition) is 2. The van der Waals surface area contributed by atoms with E-state index in [1.165, 1.54) is 6.08 Å². The first-order valence-corrected chi connectivity index (χ1v) is 8.43. The van der Waals surface area contributed by atoms with Gasteiger partial charge in [0.25, 0.3) is 5.91 Å². The number of nitrogens with one attached hydrogen (secondary N) is 1. The summed E-state index contributed by atoms with van der Waals surface area (Å²) < 4.78 is 5.17. The van der Waals surface area contributed by atoms with Crippen LogP contribution in [0.4, 0.5) is 5.69 Å². The molecule has 0 aliphatic heterocycles. The Bertz CT molecular complexity index is 725. The molecule has 2 rings (SSSR count). The summed E-state index contributed by atoms with van der Waals surface area (Å²) in [6.45, 7) is -0.160. The number of hydrogen-bond acceptors (Lipinski definition) is 4. The second kappa shape index (κ2) is 8.79. The molecule has 0 aliphatic carbocycles. The van der Waals surface area contributed by atoms with Gasteiger partial charge in [0.2, 0.25) is 5.91 Å². The fourth-order valence-corrected chi connectivity index (χ4v) is 2.27. The largest absolute Gasteiger partial charge is 0.484 e. The molecule has 0 aliphatic rings. The minimum absolute atomic E-state index is 0.160. The van der Waals surface area contributed by atoms with Gasteiger partial charge in [-0.3, -0.25) is 9.59 Å². The Kier molecular flexibility index (Phi) is 6.45. The number of primary amides is 1. The maximum absolute atomic E-state index is 11.9. The molecule has 0 aromatic heterocycles. The van der Waals surface area contributed by atoms with Crippen LogP contribution in [0.2, 0.25) is 0 Å². The molecule has 0 spiro atoms. The maximum atomic E-state index is 11.9. The summed E-state index contributed by atoms with van der Waals surface area (Å²) in [6.07, 6.45) is 5.16. The molecule has 0 fully saturated rings. The first-order valence-electron chi connectivity index (χ1n) is 7.21. The van der Waals surface area contributed by atoms with E-state index in [0.717, 1.165) is 16.1 Å². The molecule has 6 heteroatoms. The normalized spacial score (nSPS) is 10.5. The zero-order valence-electron chi connectivity index (χ0n) is 13.2. The molecule has 124 valence electrons. The van der Waals surface area contributed by atoms with Crippen molar-refractivity contribution in [3.05, 3.63) is 60.2 Å². The second-order valence-corrected chi connectivity index (χ2v) is 5.75. The number of carbonyl (C=O) groups excluding carboxylic acids is 2. The van der Waals surface area contributed by atoms with Crippen LogP contribution in [0.15, 0.2) is 59.5 Å². The van der Waals surface area contributed by atoms with E-state index in [2.05, 4.69) is 5.32 Å². The highest BCUT2D eigenvalue weighted by Gasteiger charge is 1.99. The van der Waals surface area contributed by atoms with Crippen molar-refractivity contribution in [2.24, 2.45) is 5.73 Å². The molecule has 0 heterocycles. The van der Waals surface area contributed by atoms with Crippen molar-refractivity contribution in [3.63, 3.8) is 0 Å². The van der Waals surface area contributed by atoms with Gasteiger partial charge in [-0.2, -0.15) is 0 Å². The van der Waals surface area contributed by atoms with Crippen molar-refractivity contribution in [2.45, 2.75) is 4.90 Å². The zero-order valence-corrected chi connectivity index (χ0v) is 14.0. The van der Waals surface area contributed by atoms with Gasteiger partial charge in [0.15, 0.2) is 6.61 Å². The Labute approximate surface area is 144 Å². The van der Waals surface area contributed by atoms with E-state index in [9.17, 15) is 9.59 Å². The van der Waals surface area contributed by atoms with Crippen molar-refractivity contribution >= 4 is 35.3 Å². The average Bonchev–Trinajstić information content (AvgIpc) is 2.59. The molecule has 0 unspecified atom stereocenters. The highest BCUT2D eigenvalue weighted by atomic mass is 32.2. The topological polar surface area (TPSA) is 81.4 Å². The summed E-state index contributed by atoms with van der Waals surface area (Å²) in [4.78, 5) is 23.7. The van der Waals surface area contributed by atoms with E-state index < -0.39 is 5.91 Å². The Hall–Kier alpha value is -2.73. The van der Waals surface area contributed by atoms with Crippen LogP contribution in [0.25, 0.3) is 6.08 Å². The summed E-state index contributed by atoms with van der Waals surface area (Å²) in [5, 5.41) is 2.80. The summed E-state index contributed by atoms with van der Waals surface area (Å²) in [5.41, 5.74) is 6.60. The summed E-state index contributed by atoms with van der Waals surface area (Å²) in [6, 6.07) is 14.6. The van der Waals surface area contributed by atoms with Gasteiger partial charge >= 0.3 is 0 Å². The van der Waals surface area contributed by atoms with Gasteiger partial charge in [0.05, 0.1) is 0 Å². The molecular weight excluding hydrogens is 324 g/mol. The maximum Gasteiger partial charge on any atom is 0.255 e. The van der Waals surface area contributed by atoms with Crippen molar-refractivity contribution in [1.29, 1.82) is 0 Å². The predicted molar refractivity (Wildman–Crippen MR) is 97.0 cm³/mol. The van der Waals surface area contributed by atoms with Gasteiger partial charge in [-0.15, -0.1) is 11.8 Å². The van der Waals surface area contributed by atoms with Crippen LogP contribution in [-0.4, -0.2) is 24.7 Å². The van der Waals surface area contributed by atoms with Crippen molar-refractivity contribution in [2.75, 3.05) is 18.2 Å². The van der Waals surface area contributed by atoms with Crippen molar-refractivity contribution in [3.8, 4) is 5.75 Å². The van der Waals surface area contributed by atoms with Crippen LogP contribution < -0.4 is 15.8 Å². The minimum atomic E-state index is -0.527. The van der Waals surface area contributed by atoms with Gasteiger partial charge < -0.3 is 15.8 Å². The molecule has 24 heavy (non-hydrogen) atoms. The lowest BCUT2D eigenvalue weighted by Gasteiger charge is -2.04. The second-order valence-electron chi connectivity index (χ2n) is 4.88. The lowest BCUT2D eigenvalue weighted by molar-refractivity contribution is -0.120. The fraction of sp³-hybridized carbons (Fsp3) is 0.111. The highest BCUT2D eigenvalue weighted by Crippen LogP contribution is 2.17. The number of rotatable bonds is 7. The van der Waals surface area contributed by atoms with Crippen LogP contribution in [0, 0.1) is 0 Å². The van der Waals surface area contributed by atoms with Crippen LogP contribution in [0.5, 0.6) is 5.75 Å². The standard InChI is InChI=1S/C18H18N2O3S/c1-24-16-9-5-14(6-10-16)20-18(22)11-4-13-2-7-15(8-3-13)23-12-17(19)21/h2-11H,12H2,1H3,(H2,19,21)(H,20,22)/b11-4+. The van der Waals surface area contributed by atoms with E-state index in [1.54, 1.807) is 42.1 Å². The molecule has 0 bridgehead atoms. The Morgan fingerprint density at radius 2 is 1.79 bits per heavy atom. The predicted octanol–water partition coefficient (Wildman–Crippen LogP) is 2.92. The molecule has 3 N–H and O–H groups in total. The van der Waals surface area contributed by atoms with Gasteiger partial charge in [-0.25, -0.2) is 0 Å². The van der Waals surface area contributed by atoms with E-state index in [0.29, 0.717) is 5.75 Å². The fourth-order valence-electron chi connectivity index (χ4n) is 1.86. The number of thioether (sulfide) groups is 1. The van der Waals surface area contributed by atoms with Crippen molar-refractivity contribution in [1.82, 2.24) is 0 Å². The first kappa shape index (κ1) is 17.6. The SMILES string of the molecule is CSc1ccc(NC(=O)/C=C/c2ccc(OCC(N)=O)cc2)cc1. The third-order valence-corrected chi connectivity index (χ3v) is 3.79. The highest BCUT2D eigenvalue weighted by molar-refractivity contribution is 7.98. The molecule has 2 aromatic carbocycles. The summed E-state index contributed by atoms with van der Waals surface area (Å²) in [5.74, 6) is -0.188. The third-order valence-electron chi connectivity index (χ3n) is 3.05. The molecule has 2 aromatic rings. The number of ether oxygens (including phenoxy) is 1. The molecule has 2 amide bonds. The lowest BCUT2D eigenvalue weighted by Crippen LogP contribution is -2.19. The molecule has 0 atom stereocenters. The molecular formula is C18H18N2O3S. The van der Waals surface area contributed by atoms with E-state index in [-0.39, 0.29) is 12.5 Å². The minimum Gasteiger partial charge on any atom is -0.484 e. The molecule has 0 saturated carbocycles. The Balaban J connectivity index is 1.89. The number of amides is 2. The van der Waals surface area contributed by atoms with Gasteiger partial charge in [0, 0.05) is 16.7 Å². The van der Waals surface area contributed by atoms with Gasteiger partial charge in [0.1, 0.15) is 5.75 Å². The monoisotopic (exact) mass is 342 g/mol. The summed E-state index contributed by atoms with van der Waals surface area (Å²) >= 11 is 1.65. The van der Waals surface area contributed by atoms with Crippen LogP contribution >= 0.6 is 11.8 Å². The van der Waals surface area contributed by atoms with Crippen LogP contribution in [0.3, 0.4) is 0 Å². The van der Waals surface area contributed by atoms with Crippen molar-refractivity contribution < 1.29 is 14.3 Å². The lowest BCUT2D eigenvalue weighted by atomic mass is 10.2. The van der Waals surface area contributed by atoms with E-state index in [4.69, 9.17) is 10.5 Å². The molecule has 5 nitrogen and oxygen atoms in total. The van der Waals surface area contributed by atoms with Gasteiger partial charge in [-0.05, 0) is 54.3 Å². The number of carbonyl (C=O) groups is 2. The molecule has 0 saturated heterocycles. The zero-order chi connectivity index (χ0) is 17.4. The Morgan fingerprint density at radius 1 is 1.12 bits per heavy atom. The summed E-state index contributed by atoms with van der Waals surface area (Å²) in [7, 11) is 0. The smallest absolute Gasteiger partial charge is 0.255 e. The first-order chi connectivity index (χ1) is 11.6. The third kappa shape index (κ3) is 5.81. The number of benzene rings is 2. The molecule has 0 radical (unpaired) electrons. The average molecular weight is 342 g/mol. The van der Waals surface area contributed by atoms with Crippen LogP contribution in [-0.2, 0) is 9.59 Å². The van der Waals surface area contributed by atoms with Crippen LogP contribution in [0.1, 0.15) is 5.56 Å². The number of anilines is 1. The number of nitrogens with two attached hydrogens (primary N) is 1. The van der Waals surface area contributed by atoms with E-state index >= 15 is 0 Å². The van der Waals surface area contributed by atoms with Gasteiger partial charge in [-0.1, -0.05) is 12.1 Å². The Morgan fingerprint density at radius 3 is 2.38 bits per heavy atom. The van der Waals surface area contributed by atoms with E-state index in [1.807, 2.05) is 30.5 Å². The quantitative estimate of drug-likeness (QED) is 0.599.